The lowest BCUT2D eigenvalue weighted by molar-refractivity contribution is 0.415. The lowest BCUT2D eigenvalue weighted by atomic mass is 10.0. The number of halogens is 1. The van der Waals surface area contributed by atoms with Gasteiger partial charge in [-0.1, -0.05) is 36.4 Å². The zero-order valence-corrected chi connectivity index (χ0v) is 17.6. The molecule has 3 aromatic rings. The number of ether oxygens (including phenoxy) is 1. The van der Waals surface area contributed by atoms with E-state index in [4.69, 9.17) is 9.73 Å². The van der Waals surface area contributed by atoms with Crippen LogP contribution in [-0.2, 0) is 0 Å². The van der Waals surface area contributed by atoms with Crippen LogP contribution in [0.15, 0.2) is 71.0 Å². The third kappa shape index (κ3) is 4.29. The predicted molar refractivity (Wildman–Crippen MR) is 124 cm³/mol. The molecule has 144 valence electrons. The van der Waals surface area contributed by atoms with E-state index in [9.17, 15) is 0 Å². The van der Waals surface area contributed by atoms with Crippen LogP contribution >= 0.6 is 23.7 Å². The number of methoxy groups -OCH3 is 1. The summed E-state index contributed by atoms with van der Waals surface area (Å²) in [5.74, 6) is 0.868. The molecule has 3 nitrogen and oxygen atoms in total. The molecule has 0 aliphatic carbocycles. The molecule has 0 unspecified atom stereocenters. The second-order valence-corrected chi connectivity index (χ2v) is 7.45. The first-order valence-electron chi connectivity index (χ1n) is 9.00. The van der Waals surface area contributed by atoms with Gasteiger partial charge in [0.2, 0.25) is 0 Å². The molecule has 4 rings (SSSR count). The lowest BCUT2D eigenvalue weighted by Gasteiger charge is -2.20. The number of allylic oxidation sites excluding steroid dienone is 1. The Hall–Kier alpha value is -2.56. The summed E-state index contributed by atoms with van der Waals surface area (Å²) >= 11 is 1.77. The monoisotopic (exact) mass is 410 g/mol. The number of thiophene rings is 1. The summed E-state index contributed by atoms with van der Waals surface area (Å²) in [4.78, 5) is 8.41. The van der Waals surface area contributed by atoms with Crippen LogP contribution in [0.1, 0.15) is 11.1 Å². The van der Waals surface area contributed by atoms with E-state index in [2.05, 4.69) is 71.9 Å². The lowest BCUT2D eigenvalue weighted by Crippen LogP contribution is -2.20. The Kier molecular flexibility index (Phi) is 6.55. The molecule has 0 fully saturated rings. The van der Waals surface area contributed by atoms with Gasteiger partial charge in [0, 0.05) is 29.7 Å². The van der Waals surface area contributed by atoms with E-state index >= 15 is 0 Å². The van der Waals surface area contributed by atoms with Gasteiger partial charge in [-0.2, -0.15) is 0 Å². The zero-order valence-electron chi connectivity index (χ0n) is 16.0. The predicted octanol–water partition coefficient (Wildman–Crippen LogP) is 5.80. The second-order valence-electron chi connectivity index (χ2n) is 6.50. The molecule has 28 heavy (non-hydrogen) atoms. The van der Waals surface area contributed by atoms with E-state index < -0.39 is 0 Å². The van der Waals surface area contributed by atoms with Crippen molar-refractivity contribution in [1.29, 1.82) is 0 Å². The van der Waals surface area contributed by atoms with E-state index in [1.54, 1.807) is 18.4 Å². The van der Waals surface area contributed by atoms with Gasteiger partial charge < -0.3 is 9.64 Å². The molecule has 0 bridgehead atoms. The van der Waals surface area contributed by atoms with Gasteiger partial charge in [-0.3, -0.25) is 4.99 Å². The number of anilines is 1. The molecular formula is C23H23ClN2OS. The number of rotatable bonds is 4. The fourth-order valence-corrected chi connectivity index (χ4v) is 3.94. The number of aliphatic imine (C=N–C) groups is 1. The smallest absolute Gasteiger partial charge is 0.118 e. The molecular weight excluding hydrogens is 388 g/mol. The summed E-state index contributed by atoms with van der Waals surface area (Å²) in [6.45, 7) is 1.71. The minimum absolute atomic E-state index is 0. The van der Waals surface area contributed by atoms with Crippen molar-refractivity contribution in [1.82, 2.24) is 0 Å². The number of benzodiazepines with no additional fused rings is 1. The van der Waals surface area contributed by atoms with Gasteiger partial charge in [-0.15, -0.1) is 23.7 Å². The van der Waals surface area contributed by atoms with Crippen molar-refractivity contribution < 1.29 is 4.74 Å². The van der Waals surface area contributed by atoms with Crippen molar-refractivity contribution in [3.05, 3.63) is 77.2 Å². The molecule has 0 atom stereocenters. The molecule has 0 saturated carbocycles. The first-order chi connectivity index (χ1) is 13.2. The molecule has 5 heteroatoms. The van der Waals surface area contributed by atoms with Gasteiger partial charge in [0.1, 0.15) is 5.75 Å². The molecule has 1 aliphatic heterocycles. The van der Waals surface area contributed by atoms with E-state index in [1.165, 1.54) is 21.7 Å². The van der Waals surface area contributed by atoms with Crippen LogP contribution in [-0.4, -0.2) is 33.0 Å². The Morgan fingerprint density at radius 2 is 1.89 bits per heavy atom. The van der Waals surface area contributed by atoms with Gasteiger partial charge in [0.15, 0.2) is 0 Å². The van der Waals surface area contributed by atoms with Gasteiger partial charge in [-0.05, 0) is 46.8 Å². The van der Waals surface area contributed by atoms with Crippen LogP contribution in [0, 0.1) is 0 Å². The van der Waals surface area contributed by atoms with Crippen molar-refractivity contribution in [2.75, 3.05) is 32.1 Å². The van der Waals surface area contributed by atoms with E-state index in [-0.39, 0.29) is 12.4 Å². The highest BCUT2D eigenvalue weighted by atomic mass is 35.5. The number of hydrogen-bond acceptors (Lipinski definition) is 4. The van der Waals surface area contributed by atoms with Gasteiger partial charge in [-0.25, -0.2) is 0 Å². The summed E-state index contributed by atoms with van der Waals surface area (Å²) < 4.78 is 5.23. The topological polar surface area (TPSA) is 24.8 Å². The fraction of sp³-hybridized carbons (Fsp3) is 0.174. The summed E-state index contributed by atoms with van der Waals surface area (Å²) in [7, 11) is 3.83. The molecule has 0 radical (unpaired) electrons. The maximum absolute atomic E-state index is 5.23. The number of likely N-dealkylation sites (N-methyl/N-ethyl adjacent to an activating group) is 1. The van der Waals surface area contributed by atoms with Crippen molar-refractivity contribution in [2.45, 2.75) is 0 Å². The zero-order chi connectivity index (χ0) is 18.6. The van der Waals surface area contributed by atoms with E-state index in [0.717, 1.165) is 30.1 Å². The highest BCUT2D eigenvalue weighted by Crippen LogP contribution is 2.32. The van der Waals surface area contributed by atoms with Gasteiger partial charge in [0.25, 0.3) is 0 Å². The number of hydrogen-bond donors (Lipinski definition) is 0. The van der Waals surface area contributed by atoms with Gasteiger partial charge in [0.05, 0.1) is 19.4 Å². The highest BCUT2D eigenvalue weighted by molar-refractivity contribution is 7.13. The Morgan fingerprint density at radius 1 is 1.07 bits per heavy atom. The second kappa shape index (κ2) is 9.09. The Balaban J connectivity index is 0.00000225. The summed E-state index contributed by atoms with van der Waals surface area (Å²) in [6.07, 6.45) is 4.23. The van der Waals surface area contributed by atoms with Crippen molar-refractivity contribution in [2.24, 2.45) is 4.99 Å². The Bertz CT molecular complexity index is 978. The quantitative estimate of drug-likeness (QED) is 0.543. The maximum atomic E-state index is 5.23. The number of fused-ring (bicyclic) bond motifs is 1. The van der Waals surface area contributed by atoms with E-state index in [1.807, 2.05) is 12.1 Å². The molecule has 2 aromatic carbocycles. The average Bonchev–Trinajstić information content (AvgIpc) is 3.20. The molecule has 0 N–H and O–H groups in total. The van der Waals surface area contributed by atoms with Crippen molar-refractivity contribution in [3.63, 3.8) is 0 Å². The van der Waals surface area contributed by atoms with Crippen LogP contribution < -0.4 is 9.64 Å². The van der Waals surface area contributed by atoms with Crippen LogP contribution in [0.2, 0.25) is 0 Å². The molecule has 0 amide bonds. The first-order valence-corrected chi connectivity index (χ1v) is 9.88. The summed E-state index contributed by atoms with van der Waals surface area (Å²) in [5.41, 5.74) is 5.84. The molecule has 0 spiro atoms. The molecule has 0 saturated heterocycles. The van der Waals surface area contributed by atoms with Crippen molar-refractivity contribution in [3.8, 4) is 16.2 Å². The summed E-state index contributed by atoms with van der Waals surface area (Å²) in [5, 5.41) is 2.12. The average molecular weight is 411 g/mol. The summed E-state index contributed by atoms with van der Waals surface area (Å²) in [6, 6.07) is 19.0. The fourth-order valence-electron chi connectivity index (χ4n) is 3.22. The normalized spacial score (nSPS) is 13.5. The third-order valence-electron chi connectivity index (χ3n) is 4.76. The first kappa shape index (κ1) is 20.2. The number of benzene rings is 2. The van der Waals surface area contributed by atoms with Crippen molar-refractivity contribution >= 4 is 41.2 Å². The minimum Gasteiger partial charge on any atom is -0.497 e. The van der Waals surface area contributed by atoms with Crippen LogP contribution in [0.5, 0.6) is 5.75 Å². The minimum atomic E-state index is 0. The molecule has 1 aromatic heterocycles. The largest absolute Gasteiger partial charge is 0.497 e. The molecule has 2 heterocycles. The van der Waals surface area contributed by atoms with E-state index in [0.29, 0.717) is 0 Å². The molecule has 1 aliphatic rings. The van der Waals surface area contributed by atoms with Crippen LogP contribution in [0.3, 0.4) is 0 Å². The highest BCUT2D eigenvalue weighted by Gasteiger charge is 2.16. The third-order valence-corrected chi connectivity index (χ3v) is 5.68. The SMILES string of the molecule is COc1ccc(/C=C/C2=NCCN(C)c3cc(-c4cccs4)ccc32)cc1.Cl. The maximum Gasteiger partial charge on any atom is 0.118 e. The van der Waals surface area contributed by atoms with Crippen LogP contribution in [0.4, 0.5) is 5.69 Å². The number of nitrogens with zero attached hydrogens (tertiary/aromatic N) is 2. The standard InChI is InChI=1S/C23H22N2OS.ClH/c1-25-14-13-24-21(12-7-17-5-9-19(26-2)10-6-17)20-11-8-18(16-22(20)25)23-4-3-15-27-23;/h3-12,15-16H,13-14H2,1-2H3;1H/b12-7+;. The Morgan fingerprint density at radius 3 is 2.61 bits per heavy atom. The van der Waals surface area contributed by atoms with Crippen LogP contribution in [0.25, 0.3) is 16.5 Å². The van der Waals surface area contributed by atoms with Gasteiger partial charge >= 0.3 is 0 Å². The Labute approximate surface area is 176 Å².